The predicted octanol–water partition coefficient (Wildman–Crippen LogP) is 4.44. The summed E-state index contributed by atoms with van der Waals surface area (Å²) in [7, 11) is -7.74. The molecule has 0 radical (unpaired) electrons. The molecule has 1 rings (SSSR count). The molecule has 0 aliphatic rings. The topological polar surface area (TPSA) is 49.7 Å². The van der Waals surface area contributed by atoms with Crippen LogP contribution in [0.15, 0.2) is 18.2 Å². The van der Waals surface area contributed by atoms with Gasteiger partial charge in [0.15, 0.2) is 5.30 Å². The van der Waals surface area contributed by atoms with Crippen LogP contribution in [0.4, 0.5) is 17.1 Å². The molecule has 0 bridgehead atoms. The van der Waals surface area contributed by atoms with Crippen molar-refractivity contribution in [2.75, 3.05) is 0 Å². The fraction of sp³-hybridized carbons (Fsp3) is 0.571. The molecular weight excluding hydrogens is 334 g/mol. The molecule has 23 heavy (non-hydrogen) atoms. The van der Waals surface area contributed by atoms with E-state index >= 15 is 0 Å². The Hall–Kier alpha value is -0.685. The molecule has 0 atom stereocenters. The maximum absolute atomic E-state index is 13.0. The molecule has 0 aromatic heterocycles. The van der Waals surface area contributed by atoms with Crippen molar-refractivity contribution in [3.05, 3.63) is 29.3 Å². The van der Waals surface area contributed by atoms with Crippen LogP contribution in [0.25, 0.3) is 0 Å². The van der Waals surface area contributed by atoms with Crippen molar-refractivity contribution in [3.8, 4) is 0 Å². The van der Waals surface area contributed by atoms with Gasteiger partial charge < -0.3 is 10.0 Å². The third kappa shape index (κ3) is 8.11. The largest absolute Gasteiger partial charge is 0.667 e. The van der Waals surface area contributed by atoms with Gasteiger partial charge in [-0.05, 0) is 34.1 Å². The van der Waals surface area contributed by atoms with Crippen LogP contribution in [0, 0.1) is 0 Å². The maximum Gasteiger partial charge on any atom is 0.667 e. The normalized spacial score (nSPS) is 12.5. The Morgan fingerprint density at radius 3 is 1.35 bits per heavy atom. The fourth-order valence-corrected chi connectivity index (χ4v) is 2.19. The molecule has 0 aliphatic heterocycles. The summed E-state index contributed by atoms with van der Waals surface area (Å²) in [6.07, 6.45) is 0. The minimum Gasteiger partial charge on any atom is -0.400 e. The number of hydrogen-bond donors (Lipinski definition) is 2. The first-order chi connectivity index (χ1) is 10.1. The molecule has 132 valence electrons. The van der Waals surface area contributed by atoms with E-state index in [1.165, 1.54) is 12.1 Å². The van der Waals surface area contributed by atoms with Gasteiger partial charge >= 0.3 is 15.5 Å². The van der Waals surface area contributed by atoms with Gasteiger partial charge in [-0.1, -0.05) is 52.1 Å². The molecule has 2 N–H and O–H groups in total. The van der Waals surface area contributed by atoms with Gasteiger partial charge in [0.1, 0.15) is 0 Å². The highest BCUT2D eigenvalue weighted by Gasteiger charge is 2.47. The fourth-order valence-electron chi connectivity index (χ4n) is 1.62. The van der Waals surface area contributed by atoms with Crippen LogP contribution in [-0.2, 0) is 15.7 Å². The van der Waals surface area contributed by atoms with Gasteiger partial charge in [-0.15, -0.1) is 0 Å². The molecule has 0 heterocycles. The van der Waals surface area contributed by atoms with Crippen molar-refractivity contribution >= 4 is 20.8 Å². The summed E-state index contributed by atoms with van der Waals surface area (Å²) in [5, 5.41) is 14.2. The Morgan fingerprint density at radius 2 is 1.17 bits per heavy atom. The van der Waals surface area contributed by atoms with Gasteiger partial charge in [0.25, 0.3) is 0 Å². The lowest BCUT2D eigenvalue weighted by molar-refractivity contribution is -0.0560. The molecule has 0 unspecified atom stereocenters. The highest BCUT2D eigenvalue weighted by Crippen LogP contribution is 2.63. The molecule has 0 aliphatic carbocycles. The summed E-state index contributed by atoms with van der Waals surface area (Å²) in [5.41, 5.74) is 0.959. The summed E-state index contributed by atoms with van der Waals surface area (Å²) in [6, 6.07) is 4.52. The van der Waals surface area contributed by atoms with E-state index in [1.807, 2.05) is 47.6 Å². The number of rotatable bonds is 2. The first kappa shape index (κ1) is 22.3. The Balaban J connectivity index is 0.000000841. The Bertz CT molecular complexity index is 429. The summed E-state index contributed by atoms with van der Waals surface area (Å²) < 4.78 is 49.2. The van der Waals surface area contributed by atoms with Gasteiger partial charge in [0.2, 0.25) is 0 Å². The van der Waals surface area contributed by atoms with Crippen LogP contribution in [0.5, 0.6) is 0 Å². The Kier molecular flexibility index (Phi) is 7.69. The second kappa shape index (κ2) is 7.93. The number of benzene rings is 1. The van der Waals surface area contributed by atoms with Crippen LogP contribution in [0.3, 0.4) is 0 Å². The molecule has 1 aromatic rings. The van der Waals surface area contributed by atoms with Crippen LogP contribution in [0.2, 0.25) is 0 Å². The summed E-state index contributed by atoms with van der Waals surface area (Å²) in [4.78, 5) is 2.36. The van der Waals surface area contributed by atoms with E-state index in [0.29, 0.717) is 0 Å². The molecular formula is C14H23BF4O3P+. The summed E-state index contributed by atoms with van der Waals surface area (Å²) in [5.74, 6) is 0. The van der Waals surface area contributed by atoms with Crippen molar-refractivity contribution in [1.82, 2.24) is 0 Å². The lowest BCUT2D eigenvalue weighted by atomic mass is 9.81. The van der Waals surface area contributed by atoms with E-state index in [0.717, 1.165) is 11.1 Å². The van der Waals surface area contributed by atoms with Crippen LogP contribution in [-0.4, -0.2) is 17.4 Å². The van der Waals surface area contributed by atoms with Crippen molar-refractivity contribution in [1.29, 1.82) is 0 Å². The lowest BCUT2D eigenvalue weighted by Gasteiger charge is -2.25. The van der Waals surface area contributed by atoms with Gasteiger partial charge in [-0.2, -0.15) is 4.86 Å². The Labute approximate surface area is 135 Å². The average Bonchev–Trinajstić information content (AvgIpc) is 2.35. The number of halogens is 4. The Morgan fingerprint density at radius 1 is 0.870 bits per heavy atom. The third-order valence-electron chi connectivity index (χ3n) is 3.02. The van der Waals surface area contributed by atoms with E-state index in [-0.39, 0.29) is 10.8 Å². The van der Waals surface area contributed by atoms with Gasteiger partial charge in [0.05, 0.1) is 0 Å². The highest BCUT2D eigenvalue weighted by atomic mass is 31.3. The van der Waals surface area contributed by atoms with E-state index in [4.69, 9.17) is 10.0 Å². The van der Waals surface area contributed by atoms with E-state index in [9.17, 15) is 17.1 Å². The maximum atomic E-state index is 13.0. The van der Waals surface area contributed by atoms with Crippen molar-refractivity contribution in [2.45, 2.75) is 52.4 Å². The van der Waals surface area contributed by atoms with Crippen LogP contribution < -0.4 is 5.30 Å². The van der Waals surface area contributed by atoms with Gasteiger partial charge in [-0.25, -0.2) is 0 Å². The van der Waals surface area contributed by atoms with Crippen LogP contribution in [0.1, 0.15) is 52.7 Å². The van der Waals surface area contributed by atoms with Gasteiger partial charge in [0, 0.05) is 12.6 Å². The van der Waals surface area contributed by atoms with Gasteiger partial charge in [-0.3, -0.25) is 0 Å². The summed E-state index contributed by atoms with van der Waals surface area (Å²) in [6.45, 7) is 11.6. The van der Waals surface area contributed by atoms with Crippen molar-refractivity contribution in [2.24, 2.45) is 0 Å². The number of hydrogen-bond acceptors (Lipinski definition) is 3. The zero-order chi connectivity index (χ0) is 18.6. The molecule has 9 heteroatoms. The SMILES string of the molecule is CC(C)(C)c1cc(C(C)(C)C)cc([P+](F)(F)F)c1.OB(O)OF. The van der Waals surface area contributed by atoms with E-state index in [2.05, 4.69) is 4.86 Å². The average molecular weight is 357 g/mol. The van der Waals surface area contributed by atoms with Crippen molar-refractivity contribution in [3.63, 3.8) is 0 Å². The molecule has 0 fully saturated rings. The smallest absolute Gasteiger partial charge is 0.400 e. The van der Waals surface area contributed by atoms with E-state index in [1.54, 1.807) is 0 Å². The first-order valence-electron chi connectivity index (χ1n) is 6.87. The zero-order valence-electron chi connectivity index (χ0n) is 14.1. The molecule has 0 saturated heterocycles. The third-order valence-corrected chi connectivity index (χ3v) is 3.87. The second-order valence-corrected chi connectivity index (χ2v) is 8.54. The standard InChI is InChI=1S/C14H21F3P.BFH2O3/c1-13(2,3)10-7-11(14(4,5)6)9-12(8-10)18(15,16)17;2-5-1(3)4/h7-9H,1-6H3;3-4H/q+1;. The molecule has 0 spiro atoms. The van der Waals surface area contributed by atoms with E-state index < -0.39 is 20.8 Å². The minimum absolute atomic E-state index is 0.273. The molecule has 3 nitrogen and oxygen atoms in total. The molecule has 1 aromatic carbocycles. The second-order valence-electron chi connectivity index (χ2n) is 7.13. The minimum atomic E-state index is -5.46. The quantitative estimate of drug-likeness (QED) is 0.468. The highest BCUT2D eigenvalue weighted by molar-refractivity contribution is 7.68. The van der Waals surface area contributed by atoms with Crippen molar-refractivity contribution < 1.29 is 32.0 Å². The molecule has 0 amide bonds. The monoisotopic (exact) mass is 357 g/mol. The summed E-state index contributed by atoms with van der Waals surface area (Å²) >= 11 is 0. The lowest BCUT2D eigenvalue weighted by Crippen LogP contribution is -2.20. The predicted molar refractivity (Wildman–Crippen MR) is 86.1 cm³/mol. The zero-order valence-corrected chi connectivity index (χ0v) is 15.0. The van der Waals surface area contributed by atoms with Crippen LogP contribution >= 0.6 is 8.19 Å². The first-order valence-corrected chi connectivity index (χ1v) is 8.33. The molecule has 0 saturated carbocycles.